The highest BCUT2D eigenvalue weighted by Gasteiger charge is 2.32. The molecule has 0 spiro atoms. The molecule has 0 aromatic carbocycles. The topological polar surface area (TPSA) is 63.7 Å². The Balaban J connectivity index is 1.95. The van der Waals surface area contributed by atoms with E-state index in [2.05, 4.69) is 32.9 Å². The summed E-state index contributed by atoms with van der Waals surface area (Å²) in [6.45, 7) is 10.6. The van der Waals surface area contributed by atoms with Crippen LogP contribution in [0.2, 0.25) is 0 Å². The van der Waals surface area contributed by atoms with E-state index in [0.29, 0.717) is 10.6 Å². The first-order chi connectivity index (χ1) is 13.6. The quantitative estimate of drug-likeness (QED) is 0.354. The third kappa shape index (κ3) is 6.41. The fourth-order valence-electron chi connectivity index (χ4n) is 3.64. The predicted molar refractivity (Wildman–Crippen MR) is 113 cm³/mol. The molecular formula is C24H31NO4. The Morgan fingerprint density at radius 2 is 1.69 bits per heavy atom. The lowest BCUT2D eigenvalue weighted by atomic mass is 9.72. The van der Waals surface area contributed by atoms with Gasteiger partial charge in [0.1, 0.15) is 0 Å². The van der Waals surface area contributed by atoms with Crippen molar-refractivity contribution in [1.82, 2.24) is 5.06 Å². The summed E-state index contributed by atoms with van der Waals surface area (Å²) in [5.74, 6) is -1.71. The normalized spacial score (nSPS) is 21.1. The molecular weight excluding hydrogens is 366 g/mol. The number of amides is 2. The van der Waals surface area contributed by atoms with Gasteiger partial charge in [-0.3, -0.25) is 9.59 Å². The first-order valence-electron chi connectivity index (χ1n) is 10.1. The summed E-state index contributed by atoms with van der Waals surface area (Å²) in [4.78, 5) is 39.6. The molecule has 1 heterocycles. The molecule has 0 aromatic heterocycles. The summed E-state index contributed by atoms with van der Waals surface area (Å²) in [6.07, 6.45) is 15.0. The molecule has 2 aliphatic rings. The van der Waals surface area contributed by atoms with Crippen LogP contribution in [0, 0.1) is 5.41 Å². The fourth-order valence-corrected chi connectivity index (χ4v) is 3.64. The Morgan fingerprint density at radius 1 is 1.03 bits per heavy atom. The number of hydrogen-bond acceptors (Lipinski definition) is 4. The van der Waals surface area contributed by atoms with Crippen LogP contribution < -0.4 is 0 Å². The minimum absolute atomic E-state index is 0.0832. The van der Waals surface area contributed by atoms with E-state index in [1.165, 1.54) is 36.5 Å². The second-order valence-electron chi connectivity index (χ2n) is 8.42. The minimum Gasteiger partial charge on any atom is -0.326 e. The van der Waals surface area contributed by atoms with Crippen LogP contribution >= 0.6 is 0 Å². The molecule has 1 fully saturated rings. The van der Waals surface area contributed by atoms with Crippen molar-refractivity contribution in [1.29, 1.82) is 0 Å². The van der Waals surface area contributed by atoms with Crippen LogP contribution in [-0.2, 0) is 19.2 Å². The van der Waals surface area contributed by atoms with Gasteiger partial charge in [0.2, 0.25) is 0 Å². The molecule has 156 valence electrons. The number of hydrogen-bond donors (Lipinski definition) is 0. The molecule has 0 atom stereocenters. The van der Waals surface area contributed by atoms with E-state index < -0.39 is 17.8 Å². The molecule has 1 aliphatic heterocycles. The molecule has 29 heavy (non-hydrogen) atoms. The lowest BCUT2D eigenvalue weighted by Gasteiger charge is -2.32. The van der Waals surface area contributed by atoms with Crippen molar-refractivity contribution in [3.8, 4) is 0 Å². The summed E-state index contributed by atoms with van der Waals surface area (Å²) in [5, 5.41) is 0.550. The van der Waals surface area contributed by atoms with E-state index in [1.807, 2.05) is 19.1 Å². The summed E-state index contributed by atoms with van der Waals surface area (Å²) in [7, 11) is 0. The van der Waals surface area contributed by atoms with Crippen molar-refractivity contribution < 1.29 is 19.2 Å². The Labute approximate surface area is 173 Å². The second-order valence-corrected chi connectivity index (χ2v) is 8.42. The van der Waals surface area contributed by atoms with E-state index in [4.69, 9.17) is 4.84 Å². The van der Waals surface area contributed by atoms with Crippen LogP contribution in [-0.4, -0.2) is 22.8 Å². The maximum atomic E-state index is 11.9. The van der Waals surface area contributed by atoms with Gasteiger partial charge in [-0.25, -0.2) is 4.79 Å². The standard InChI is InChI=1S/C24H31NO4/c1-17(11-12-20-19(3)10-7-15-24(20,4)5)8-6-9-18(2)16-23(28)29-25-21(26)13-14-22(25)27/h6,8-9,11-12,16H,7,10,13-15H2,1-5H3/b9-6?,12-11?,17-8?,18-16-. The minimum atomic E-state index is -0.738. The first-order valence-corrected chi connectivity index (χ1v) is 10.1. The number of nitrogens with zero attached hydrogens (tertiary/aromatic N) is 1. The third-order valence-electron chi connectivity index (χ3n) is 5.31. The molecule has 0 N–H and O–H groups in total. The zero-order valence-electron chi connectivity index (χ0n) is 18.1. The lowest BCUT2D eigenvalue weighted by Crippen LogP contribution is -2.31. The van der Waals surface area contributed by atoms with Crippen LogP contribution in [0.5, 0.6) is 0 Å². The first kappa shape index (κ1) is 22.6. The highest BCUT2D eigenvalue weighted by molar-refractivity contribution is 6.02. The zero-order valence-corrected chi connectivity index (χ0v) is 18.1. The van der Waals surface area contributed by atoms with E-state index in [1.54, 1.807) is 13.0 Å². The predicted octanol–water partition coefficient (Wildman–Crippen LogP) is 5.13. The maximum absolute atomic E-state index is 11.9. The van der Waals surface area contributed by atoms with Crippen molar-refractivity contribution in [3.05, 3.63) is 58.7 Å². The van der Waals surface area contributed by atoms with E-state index >= 15 is 0 Å². The Bertz CT molecular complexity index is 821. The maximum Gasteiger partial charge on any atom is 0.357 e. The van der Waals surface area contributed by atoms with Crippen LogP contribution in [0.25, 0.3) is 0 Å². The molecule has 2 rings (SSSR count). The number of hydroxylamine groups is 2. The van der Waals surface area contributed by atoms with Crippen LogP contribution in [0.15, 0.2) is 58.7 Å². The van der Waals surface area contributed by atoms with Gasteiger partial charge in [0, 0.05) is 18.9 Å². The van der Waals surface area contributed by atoms with Crippen LogP contribution in [0.4, 0.5) is 0 Å². The molecule has 0 radical (unpaired) electrons. The number of allylic oxidation sites excluding steroid dienone is 9. The largest absolute Gasteiger partial charge is 0.357 e. The van der Waals surface area contributed by atoms with Crippen LogP contribution in [0.3, 0.4) is 0 Å². The van der Waals surface area contributed by atoms with Gasteiger partial charge in [-0.05, 0) is 56.6 Å². The summed E-state index contributed by atoms with van der Waals surface area (Å²) in [6, 6.07) is 0. The Morgan fingerprint density at radius 3 is 2.31 bits per heavy atom. The molecule has 0 bridgehead atoms. The second kappa shape index (κ2) is 9.68. The molecule has 1 aliphatic carbocycles. The third-order valence-corrected chi connectivity index (χ3v) is 5.31. The molecule has 2 amide bonds. The highest BCUT2D eigenvalue weighted by atomic mass is 16.7. The number of carbonyl (C=O) groups is 3. The molecule has 5 nitrogen and oxygen atoms in total. The van der Waals surface area contributed by atoms with Crippen molar-refractivity contribution in [3.63, 3.8) is 0 Å². The Hall–Kier alpha value is -2.69. The molecule has 5 heteroatoms. The molecule has 1 saturated heterocycles. The summed E-state index contributed by atoms with van der Waals surface area (Å²) < 4.78 is 0. The van der Waals surface area contributed by atoms with Crippen molar-refractivity contribution in [2.45, 2.75) is 66.7 Å². The SMILES string of the molecule is CC(C=CC1=C(C)CCCC1(C)C)=CC=C/C(C)=C\C(=O)ON1C(=O)CCC1=O. The van der Waals surface area contributed by atoms with Crippen LogP contribution in [0.1, 0.15) is 66.7 Å². The van der Waals surface area contributed by atoms with Crippen molar-refractivity contribution >= 4 is 17.8 Å². The van der Waals surface area contributed by atoms with E-state index in [0.717, 1.165) is 5.57 Å². The van der Waals surface area contributed by atoms with Gasteiger partial charge in [0.15, 0.2) is 0 Å². The van der Waals surface area contributed by atoms with Gasteiger partial charge in [-0.1, -0.05) is 55.4 Å². The fraction of sp³-hybridized carbons (Fsp3) is 0.458. The average molecular weight is 398 g/mol. The van der Waals surface area contributed by atoms with E-state index in [-0.39, 0.29) is 18.3 Å². The van der Waals surface area contributed by atoms with Crippen molar-refractivity contribution in [2.24, 2.45) is 5.41 Å². The molecule has 0 unspecified atom stereocenters. The average Bonchev–Trinajstić information content (AvgIpc) is 2.92. The van der Waals surface area contributed by atoms with Gasteiger partial charge in [0.25, 0.3) is 11.8 Å². The smallest absolute Gasteiger partial charge is 0.326 e. The lowest BCUT2D eigenvalue weighted by molar-refractivity contribution is -0.193. The number of rotatable bonds is 6. The number of carbonyl (C=O) groups excluding carboxylic acids is 3. The number of imide groups is 1. The van der Waals surface area contributed by atoms with Gasteiger partial charge in [-0.2, -0.15) is 0 Å². The van der Waals surface area contributed by atoms with Gasteiger partial charge in [0.05, 0.1) is 0 Å². The monoisotopic (exact) mass is 397 g/mol. The van der Waals surface area contributed by atoms with Gasteiger partial charge in [-0.15, -0.1) is 5.06 Å². The zero-order chi connectivity index (χ0) is 21.6. The van der Waals surface area contributed by atoms with E-state index in [9.17, 15) is 14.4 Å². The Kier molecular flexibility index (Phi) is 7.54. The highest BCUT2D eigenvalue weighted by Crippen LogP contribution is 2.40. The van der Waals surface area contributed by atoms with Gasteiger partial charge >= 0.3 is 5.97 Å². The summed E-state index contributed by atoms with van der Waals surface area (Å²) >= 11 is 0. The van der Waals surface area contributed by atoms with Gasteiger partial charge < -0.3 is 4.84 Å². The summed E-state index contributed by atoms with van der Waals surface area (Å²) in [5.41, 5.74) is 4.87. The van der Waals surface area contributed by atoms with Crippen molar-refractivity contribution in [2.75, 3.05) is 0 Å². The molecule has 0 saturated carbocycles. The molecule has 0 aromatic rings.